The molecular formula is C14H12BrClN2S. The number of benzene rings is 2. The Morgan fingerprint density at radius 2 is 1.95 bits per heavy atom. The van der Waals surface area contributed by atoms with Gasteiger partial charge in [0.25, 0.3) is 0 Å². The third-order valence-electron chi connectivity index (χ3n) is 2.57. The molecule has 2 aromatic rings. The molecule has 98 valence electrons. The van der Waals surface area contributed by atoms with Gasteiger partial charge in [-0.1, -0.05) is 39.7 Å². The van der Waals surface area contributed by atoms with Crippen molar-refractivity contribution in [1.82, 2.24) is 0 Å². The Morgan fingerprint density at radius 3 is 2.53 bits per heavy atom. The number of halogens is 2. The second-order valence-corrected chi connectivity index (χ2v) is 5.96. The SMILES string of the molecule is Cc1cc(Br)cc(Nc2ccc(C(N)=S)c(Cl)c2)c1. The van der Waals surface area contributed by atoms with Crippen LogP contribution in [0.5, 0.6) is 0 Å². The van der Waals surface area contributed by atoms with Crippen molar-refractivity contribution in [3.63, 3.8) is 0 Å². The van der Waals surface area contributed by atoms with Crippen molar-refractivity contribution in [3.8, 4) is 0 Å². The Hall–Kier alpha value is -1.10. The molecule has 0 saturated carbocycles. The molecule has 0 heterocycles. The number of aryl methyl sites for hydroxylation is 1. The molecule has 0 radical (unpaired) electrons. The van der Waals surface area contributed by atoms with Crippen LogP contribution >= 0.6 is 39.7 Å². The van der Waals surface area contributed by atoms with Gasteiger partial charge < -0.3 is 11.1 Å². The molecule has 0 amide bonds. The summed E-state index contributed by atoms with van der Waals surface area (Å²) in [4.78, 5) is 0.301. The smallest absolute Gasteiger partial charge is 0.105 e. The Morgan fingerprint density at radius 1 is 1.21 bits per heavy atom. The maximum Gasteiger partial charge on any atom is 0.105 e. The van der Waals surface area contributed by atoms with E-state index >= 15 is 0 Å². The summed E-state index contributed by atoms with van der Waals surface area (Å²) in [6, 6.07) is 11.6. The average molecular weight is 356 g/mol. The summed E-state index contributed by atoms with van der Waals surface area (Å²) in [6.07, 6.45) is 0. The normalized spacial score (nSPS) is 10.3. The Labute approximate surface area is 131 Å². The summed E-state index contributed by atoms with van der Waals surface area (Å²) in [7, 11) is 0. The average Bonchev–Trinajstić information content (AvgIpc) is 2.26. The van der Waals surface area contributed by atoms with E-state index in [-0.39, 0.29) is 0 Å². The van der Waals surface area contributed by atoms with Gasteiger partial charge in [0.15, 0.2) is 0 Å². The molecule has 5 heteroatoms. The fraction of sp³-hybridized carbons (Fsp3) is 0.0714. The summed E-state index contributed by atoms with van der Waals surface area (Å²) in [5, 5.41) is 3.84. The minimum atomic E-state index is 0.301. The van der Waals surface area contributed by atoms with Crippen LogP contribution in [-0.2, 0) is 0 Å². The number of rotatable bonds is 3. The highest BCUT2D eigenvalue weighted by molar-refractivity contribution is 9.10. The van der Waals surface area contributed by atoms with E-state index in [1.54, 1.807) is 0 Å². The largest absolute Gasteiger partial charge is 0.389 e. The maximum absolute atomic E-state index is 6.14. The first-order valence-corrected chi connectivity index (χ1v) is 7.17. The second-order valence-electron chi connectivity index (χ2n) is 4.20. The van der Waals surface area contributed by atoms with Gasteiger partial charge in [-0.05, 0) is 48.9 Å². The van der Waals surface area contributed by atoms with Crippen LogP contribution < -0.4 is 11.1 Å². The lowest BCUT2D eigenvalue weighted by Gasteiger charge is -2.10. The molecule has 0 aliphatic carbocycles. The first-order valence-electron chi connectivity index (χ1n) is 5.59. The third-order valence-corrected chi connectivity index (χ3v) is 3.56. The first kappa shape index (κ1) is 14.3. The quantitative estimate of drug-likeness (QED) is 0.778. The van der Waals surface area contributed by atoms with E-state index < -0.39 is 0 Å². The van der Waals surface area contributed by atoms with Crippen molar-refractivity contribution in [1.29, 1.82) is 0 Å². The van der Waals surface area contributed by atoms with Crippen LogP contribution in [0.4, 0.5) is 11.4 Å². The molecule has 2 nitrogen and oxygen atoms in total. The number of hydrogen-bond acceptors (Lipinski definition) is 2. The van der Waals surface area contributed by atoms with Gasteiger partial charge >= 0.3 is 0 Å². The Bertz CT molecular complexity index is 623. The van der Waals surface area contributed by atoms with Crippen molar-refractivity contribution >= 4 is 56.1 Å². The Kier molecular flexibility index (Phi) is 4.45. The van der Waals surface area contributed by atoms with E-state index in [1.807, 2.05) is 37.3 Å². The van der Waals surface area contributed by atoms with Crippen molar-refractivity contribution in [2.24, 2.45) is 5.73 Å². The molecular weight excluding hydrogens is 344 g/mol. The lowest BCUT2D eigenvalue weighted by atomic mass is 10.2. The topological polar surface area (TPSA) is 38.0 Å². The molecule has 0 spiro atoms. The van der Waals surface area contributed by atoms with Crippen LogP contribution in [0.3, 0.4) is 0 Å². The van der Waals surface area contributed by atoms with Crippen molar-refractivity contribution in [2.75, 3.05) is 5.32 Å². The standard InChI is InChI=1S/C14H12BrClN2S/c1-8-4-9(15)6-11(5-8)18-10-2-3-12(14(17)19)13(16)7-10/h2-7,18H,1H3,(H2,17,19). The number of hydrogen-bond donors (Lipinski definition) is 2. The fourth-order valence-electron chi connectivity index (χ4n) is 1.77. The van der Waals surface area contributed by atoms with Gasteiger partial charge in [0.05, 0.1) is 5.02 Å². The predicted octanol–water partition coefficient (Wildman–Crippen LogP) is 4.79. The molecule has 0 aliphatic rings. The maximum atomic E-state index is 6.14. The van der Waals surface area contributed by atoms with Gasteiger partial charge in [0.1, 0.15) is 4.99 Å². The summed E-state index contributed by atoms with van der Waals surface area (Å²) >= 11 is 14.5. The zero-order valence-electron chi connectivity index (χ0n) is 10.2. The predicted molar refractivity (Wildman–Crippen MR) is 89.5 cm³/mol. The van der Waals surface area contributed by atoms with Crippen LogP contribution in [0.1, 0.15) is 11.1 Å². The van der Waals surface area contributed by atoms with E-state index in [4.69, 9.17) is 29.6 Å². The monoisotopic (exact) mass is 354 g/mol. The van der Waals surface area contributed by atoms with E-state index in [1.165, 1.54) is 5.56 Å². The van der Waals surface area contributed by atoms with Gasteiger partial charge in [0, 0.05) is 21.4 Å². The van der Waals surface area contributed by atoms with Crippen molar-refractivity contribution in [3.05, 3.63) is 57.0 Å². The van der Waals surface area contributed by atoms with Gasteiger partial charge in [-0.25, -0.2) is 0 Å². The molecule has 2 aromatic carbocycles. The van der Waals surface area contributed by atoms with Crippen LogP contribution in [0.2, 0.25) is 5.02 Å². The molecule has 0 unspecified atom stereocenters. The minimum absolute atomic E-state index is 0.301. The first-order chi connectivity index (χ1) is 8.95. The summed E-state index contributed by atoms with van der Waals surface area (Å²) in [5.41, 5.74) is 9.32. The lowest BCUT2D eigenvalue weighted by Crippen LogP contribution is -2.09. The highest BCUT2D eigenvalue weighted by atomic mass is 79.9. The number of nitrogens with two attached hydrogens (primary N) is 1. The van der Waals surface area contributed by atoms with Crippen LogP contribution in [0, 0.1) is 6.92 Å². The molecule has 2 rings (SSSR count). The molecule has 0 saturated heterocycles. The van der Waals surface area contributed by atoms with E-state index in [0.717, 1.165) is 15.8 Å². The molecule has 19 heavy (non-hydrogen) atoms. The summed E-state index contributed by atoms with van der Waals surface area (Å²) < 4.78 is 1.03. The van der Waals surface area contributed by atoms with Gasteiger partial charge in [-0.15, -0.1) is 0 Å². The van der Waals surface area contributed by atoms with E-state index in [9.17, 15) is 0 Å². The van der Waals surface area contributed by atoms with Crippen LogP contribution in [0.25, 0.3) is 0 Å². The molecule has 0 atom stereocenters. The van der Waals surface area contributed by atoms with Crippen molar-refractivity contribution in [2.45, 2.75) is 6.92 Å². The molecule has 0 aromatic heterocycles. The zero-order chi connectivity index (χ0) is 14.0. The van der Waals surface area contributed by atoms with Crippen molar-refractivity contribution < 1.29 is 0 Å². The van der Waals surface area contributed by atoms with Crippen LogP contribution in [-0.4, -0.2) is 4.99 Å². The lowest BCUT2D eigenvalue weighted by molar-refractivity contribution is 1.43. The highest BCUT2D eigenvalue weighted by Crippen LogP contribution is 2.26. The van der Waals surface area contributed by atoms with E-state index in [2.05, 4.69) is 27.3 Å². The number of thiocarbonyl (C=S) groups is 1. The highest BCUT2D eigenvalue weighted by Gasteiger charge is 2.05. The Balaban J connectivity index is 2.28. The molecule has 3 N–H and O–H groups in total. The third kappa shape index (κ3) is 3.69. The number of anilines is 2. The number of nitrogens with one attached hydrogen (secondary N) is 1. The summed E-state index contributed by atoms with van der Waals surface area (Å²) in [5.74, 6) is 0. The summed E-state index contributed by atoms with van der Waals surface area (Å²) in [6.45, 7) is 2.04. The van der Waals surface area contributed by atoms with Crippen LogP contribution in [0.15, 0.2) is 40.9 Å². The zero-order valence-corrected chi connectivity index (χ0v) is 13.4. The van der Waals surface area contributed by atoms with E-state index in [0.29, 0.717) is 15.6 Å². The van der Waals surface area contributed by atoms with Gasteiger partial charge in [0.2, 0.25) is 0 Å². The van der Waals surface area contributed by atoms with Gasteiger partial charge in [-0.3, -0.25) is 0 Å². The second kappa shape index (κ2) is 5.90. The molecule has 0 aliphatic heterocycles. The molecule has 0 fully saturated rings. The molecule has 0 bridgehead atoms. The minimum Gasteiger partial charge on any atom is -0.389 e. The fourth-order valence-corrected chi connectivity index (χ4v) is 2.89. The van der Waals surface area contributed by atoms with Gasteiger partial charge in [-0.2, -0.15) is 0 Å².